The van der Waals surface area contributed by atoms with Gasteiger partial charge in [0.15, 0.2) is 0 Å². The molecule has 0 aliphatic heterocycles. The molecule has 0 aromatic heterocycles. The molecular weight excluding hydrogens is 88.4 g/mol. The number of hydrogen-bond acceptors (Lipinski definition) is 0. The summed E-state index contributed by atoms with van der Waals surface area (Å²) in [6.45, 7) is 0. The Kier molecular flexibility index (Phi) is 3.45. The van der Waals surface area contributed by atoms with E-state index in [9.17, 15) is 3.52 Å². The van der Waals surface area contributed by atoms with Crippen LogP contribution in [0.1, 0.15) is 0 Å². The monoisotopic (exact) mass is 88.0 g/mol. The van der Waals surface area contributed by atoms with E-state index in [1.807, 2.05) is 0 Å². The second-order valence-corrected chi connectivity index (χ2v) is 3.36. The van der Waals surface area contributed by atoms with E-state index < -0.39 is 11.5 Å². The van der Waals surface area contributed by atoms with Crippen LogP contribution in [0.3, 0.4) is 0 Å². The predicted molar refractivity (Wildman–Crippen MR) is 18.5 cm³/mol. The van der Waals surface area contributed by atoms with Gasteiger partial charge in [-0.3, -0.25) is 0 Å². The topological polar surface area (TPSA) is 0 Å². The first kappa shape index (κ1) is 5.35. The third-order valence-corrected chi connectivity index (χ3v) is 0. The van der Waals surface area contributed by atoms with E-state index >= 15 is 0 Å². The molecule has 0 atom stereocenters. The molecule has 0 amide bonds. The molecule has 0 aromatic carbocycles. The summed E-state index contributed by atoms with van der Waals surface area (Å²) in [6, 6.07) is 0. The van der Waals surface area contributed by atoms with Gasteiger partial charge in [0.25, 0.3) is 0 Å². The Labute approximate surface area is 40.9 Å². The molecule has 0 bridgehead atoms. The summed E-state index contributed by atoms with van der Waals surface area (Å²) in [5, 5.41) is 0. The fourth-order valence-corrected chi connectivity index (χ4v) is 0. The predicted octanol–water partition coefficient (Wildman–Crippen LogP) is 0.348. The molecule has 0 rings (SSSR count). The summed E-state index contributed by atoms with van der Waals surface area (Å²) in [5.74, 6) is 0. The Bertz CT molecular complexity index is 12.8. The summed E-state index contributed by atoms with van der Waals surface area (Å²) in [5.41, 5.74) is 0. The fraction of sp³-hybridized carbons (Fsp3) is 0. The summed E-state index contributed by atoms with van der Waals surface area (Å²) < 4.78 is 10.9. The zero-order valence-corrected chi connectivity index (χ0v) is 4.24. The maximum atomic E-state index is 10.9. The molecule has 0 spiro atoms. The average Bonchev–Trinajstić information content (AvgIpc) is 0.811. The molecule has 0 radical (unpaired) electrons. The van der Waals surface area contributed by atoms with Crippen LogP contribution >= 0.6 is 10.0 Å². The summed E-state index contributed by atoms with van der Waals surface area (Å²) in [7, 11) is 4.75. The van der Waals surface area contributed by atoms with Crippen LogP contribution < -0.4 is 0 Å². The first-order valence-electron chi connectivity index (χ1n) is 1.01. The molecule has 0 saturated heterocycles. The van der Waals surface area contributed by atoms with E-state index in [0.717, 1.165) is 0 Å². The second kappa shape index (κ2) is 2.58. The molecule has 0 aliphatic carbocycles. The Morgan fingerprint density at radius 3 is 2.00 bits per heavy atom. The van der Waals surface area contributed by atoms with E-state index in [1.54, 1.807) is 0 Å². The summed E-state index contributed by atoms with van der Waals surface area (Å²) in [4.78, 5) is 0. The van der Waals surface area contributed by atoms with Crippen molar-refractivity contribution in [2.75, 3.05) is 0 Å². The van der Waals surface area contributed by atoms with Gasteiger partial charge in [0, 0.05) is 0 Å². The van der Waals surface area contributed by atoms with Crippen LogP contribution in [0.25, 0.3) is 0 Å². The van der Waals surface area contributed by atoms with Gasteiger partial charge in [-0.1, -0.05) is 0 Å². The second-order valence-electron chi connectivity index (χ2n) is 0.519. The van der Waals surface area contributed by atoms with Gasteiger partial charge >= 0.3 is 40.8 Å². The quantitative estimate of drug-likeness (QED) is 0.375. The molecule has 4 heavy (non-hydrogen) atoms. The van der Waals surface area contributed by atoms with Crippen LogP contribution in [-0.4, -0.2) is 27.2 Å². The Hall–Kier alpha value is 1.35. The summed E-state index contributed by atoms with van der Waals surface area (Å²) >= 11 is -0.762. The molecular formula is AlClFLi. The van der Waals surface area contributed by atoms with Crippen LogP contribution in [0, 0.1) is 0 Å². The Morgan fingerprint density at radius 1 is 2.00 bits per heavy atom. The molecule has 0 N–H and O–H groups in total. The molecule has 0 aliphatic rings. The van der Waals surface area contributed by atoms with Gasteiger partial charge in [-0.15, -0.1) is 0 Å². The van der Waals surface area contributed by atoms with Gasteiger partial charge in [0.1, 0.15) is 0 Å². The van der Waals surface area contributed by atoms with Crippen LogP contribution in [-0.2, 0) is 0 Å². The van der Waals surface area contributed by atoms with E-state index in [2.05, 4.69) is 0 Å². The third kappa shape index (κ3) is 10.2. The minimum atomic E-state index is -2.17. The van der Waals surface area contributed by atoms with Crippen LogP contribution in [0.15, 0.2) is 0 Å². The molecule has 0 fully saturated rings. The molecule has 0 aromatic rings. The van der Waals surface area contributed by atoms with Crippen molar-refractivity contribution >= 4 is 37.2 Å². The molecule has 0 unspecified atom stereocenters. The fourth-order valence-electron chi connectivity index (χ4n) is 0. The number of hydrogen-bond donors (Lipinski definition) is 0. The molecule has 4 heteroatoms. The Morgan fingerprint density at radius 2 is 2.00 bits per heavy atom. The standard InChI is InChI=1S/Al.ClH.FH.Li/h;2*1H;/q+2;;;/p-2. The average molecular weight is 88.4 g/mol. The first-order valence-corrected chi connectivity index (χ1v) is 4.35. The van der Waals surface area contributed by atoms with Crippen molar-refractivity contribution in [3.05, 3.63) is 0 Å². The van der Waals surface area contributed by atoms with E-state index in [1.165, 1.54) is 15.7 Å². The van der Waals surface area contributed by atoms with Crippen molar-refractivity contribution in [1.82, 2.24) is 0 Å². The van der Waals surface area contributed by atoms with Crippen molar-refractivity contribution in [2.45, 2.75) is 0 Å². The normalized spacial score (nSPS) is 7.00. The summed E-state index contributed by atoms with van der Waals surface area (Å²) in [6.07, 6.45) is 0. The zero-order valence-electron chi connectivity index (χ0n) is 2.33. The van der Waals surface area contributed by atoms with Gasteiger partial charge in [0.05, 0.1) is 0 Å². The zero-order chi connectivity index (χ0) is 3.58. The number of halogens is 2. The molecule has 0 saturated carbocycles. The SMILES string of the molecule is [Li][Al]([F])[Cl]. The molecule has 18 valence electrons. The van der Waals surface area contributed by atoms with Gasteiger partial charge in [-0.05, 0) is 0 Å². The van der Waals surface area contributed by atoms with Crippen molar-refractivity contribution in [1.29, 1.82) is 0 Å². The molecule has 0 heterocycles. The van der Waals surface area contributed by atoms with Crippen LogP contribution in [0.5, 0.6) is 0 Å². The van der Waals surface area contributed by atoms with Gasteiger partial charge in [-0.25, -0.2) is 0 Å². The molecule has 0 nitrogen and oxygen atoms in total. The van der Waals surface area contributed by atoms with Crippen molar-refractivity contribution < 1.29 is 3.52 Å². The third-order valence-electron chi connectivity index (χ3n) is 0. The van der Waals surface area contributed by atoms with Gasteiger partial charge in [0.2, 0.25) is 0 Å². The van der Waals surface area contributed by atoms with Crippen LogP contribution in [0.2, 0.25) is 0 Å². The van der Waals surface area contributed by atoms with Crippen molar-refractivity contribution in [2.24, 2.45) is 0 Å². The Balaban J connectivity index is 2.32. The van der Waals surface area contributed by atoms with E-state index in [0.29, 0.717) is 0 Å². The van der Waals surface area contributed by atoms with Crippen molar-refractivity contribution in [3.63, 3.8) is 0 Å². The van der Waals surface area contributed by atoms with Crippen molar-refractivity contribution in [3.8, 4) is 0 Å². The van der Waals surface area contributed by atoms with Gasteiger partial charge < -0.3 is 0 Å². The van der Waals surface area contributed by atoms with E-state index in [4.69, 9.17) is 10.0 Å². The van der Waals surface area contributed by atoms with Gasteiger partial charge in [-0.2, -0.15) is 0 Å². The van der Waals surface area contributed by atoms with E-state index in [-0.39, 0.29) is 0 Å². The minimum absolute atomic E-state index is 1.40. The number of rotatable bonds is 0. The maximum absolute atomic E-state index is 10.9. The first-order chi connectivity index (χ1) is 1.73. The van der Waals surface area contributed by atoms with Crippen LogP contribution in [0.4, 0.5) is 3.52 Å².